The molecule has 25 heavy (non-hydrogen) atoms. The number of β-amino-alcohol motifs (C(OH)–C–C–N with tert-alkyl or cyclic N) is 1. The van der Waals surface area contributed by atoms with Gasteiger partial charge in [0.05, 0.1) is 18.1 Å². The summed E-state index contributed by atoms with van der Waals surface area (Å²) in [6, 6.07) is 2.96. The van der Waals surface area contributed by atoms with Crippen molar-refractivity contribution in [3.05, 3.63) is 42.9 Å². The van der Waals surface area contributed by atoms with Crippen molar-refractivity contribution in [1.29, 1.82) is 0 Å². The largest absolute Gasteiger partial charge is 0.386 e. The lowest BCUT2D eigenvalue weighted by molar-refractivity contribution is -0.122. The van der Waals surface area contributed by atoms with E-state index in [0.717, 1.165) is 13.0 Å². The van der Waals surface area contributed by atoms with E-state index in [-0.39, 0.29) is 18.3 Å². The van der Waals surface area contributed by atoms with Crippen LogP contribution >= 0.6 is 0 Å². The first kappa shape index (κ1) is 17.3. The number of nitrogens with one attached hydrogen (secondary N) is 1. The Bertz CT molecular complexity index is 692. The molecule has 3 heterocycles. The number of carbonyl (C=O) groups excluding carboxylic acids is 1. The Morgan fingerprint density at radius 2 is 2.32 bits per heavy atom. The zero-order valence-electron chi connectivity index (χ0n) is 13.9. The summed E-state index contributed by atoms with van der Waals surface area (Å²) in [5.41, 5.74) is -1.01. The van der Waals surface area contributed by atoms with Crippen molar-refractivity contribution in [3.8, 4) is 0 Å². The number of pyridine rings is 1. The van der Waals surface area contributed by atoms with E-state index in [9.17, 15) is 14.3 Å². The standard InChI is InChI=1S/C17H22FN5O2/c18-14-2-3-15(20-10-14)23-7-1-5-17(25,12-23)11-21-16(24)4-8-22-9-6-19-13-22/h2-3,6,9-10,13,25H,1,4-5,7-8,11-12H2,(H,21,24)/t17-/m0/s1. The second kappa shape index (κ2) is 7.60. The Hall–Kier alpha value is -2.48. The third-order valence-corrected chi connectivity index (χ3v) is 4.36. The Balaban J connectivity index is 1.50. The lowest BCUT2D eigenvalue weighted by atomic mass is 9.92. The van der Waals surface area contributed by atoms with Crippen LogP contribution in [0.5, 0.6) is 0 Å². The Morgan fingerprint density at radius 1 is 1.44 bits per heavy atom. The number of halogens is 1. The normalized spacial score (nSPS) is 20.5. The lowest BCUT2D eigenvalue weighted by Crippen LogP contribution is -2.54. The number of aromatic nitrogens is 3. The van der Waals surface area contributed by atoms with E-state index in [4.69, 9.17) is 0 Å². The summed E-state index contributed by atoms with van der Waals surface area (Å²) in [5.74, 6) is 0.131. The Morgan fingerprint density at radius 3 is 3.04 bits per heavy atom. The summed E-state index contributed by atoms with van der Waals surface area (Å²) < 4.78 is 14.8. The predicted molar refractivity (Wildman–Crippen MR) is 90.4 cm³/mol. The molecule has 1 aliphatic rings. The summed E-state index contributed by atoms with van der Waals surface area (Å²) in [6.45, 7) is 1.84. The zero-order valence-corrected chi connectivity index (χ0v) is 13.9. The molecule has 3 rings (SSSR count). The number of imidazole rings is 1. The molecule has 0 unspecified atom stereocenters. The quantitative estimate of drug-likeness (QED) is 0.813. The first-order chi connectivity index (χ1) is 12.0. The van der Waals surface area contributed by atoms with Crippen LogP contribution in [-0.4, -0.2) is 50.8 Å². The van der Waals surface area contributed by atoms with Crippen molar-refractivity contribution in [1.82, 2.24) is 19.9 Å². The topological polar surface area (TPSA) is 83.3 Å². The molecule has 1 saturated heterocycles. The minimum Gasteiger partial charge on any atom is -0.386 e. The van der Waals surface area contributed by atoms with Crippen LogP contribution in [0.15, 0.2) is 37.1 Å². The van der Waals surface area contributed by atoms with E-state index in [1.807, 2.05) is 9.47 Å². The van der Waals surface area contributed by atoms with Gasteiger partial charge < -0.3 is 19.9 Å². The van der Waals surface area contributed by atoms with Crippen LogP contribution in [0.2, 0.25) is 0 Å². The van der Waals surface area contributed by atoms with E-state index in [1.165, 1.54) is 12.3 Å². The summed E-state index contributed by atoms with van der Waals surface area (Å²) in [6.07, 6.45) is 8.01. The van der Waals surface area contributed by atoms with E-state index in [2.05, 4.69) is 15.3 Å². The highest BCUT2D eigenvalue weighted by molar-refractivity contribution is 5.75. The number of hydrogen-bond acceptors (Lipinski definition) is 5. The van der Waals surface area contributed by atoms with Crippen molar-refractivity contribution in [2.24, 2.45) is 0 Å². The smallest absolute Gasteiger partial charge is 0.221 e. The molecule has 2 aromatic rings. The van der Waals surface area contributed by atoms with Gasteiger partial charge in [0.25, 0.3) is 0 Å². The van der Waals surface area contributed by atoms with Crippen LogP contribution < -0.4 is 10.2 Å². The van der Waals surface area contributed by atoms with E-state index >= 15 is 0 Å². The molecular weight excluding hydrogens is 325 g/mol. The number of anilines is 1. The van der Waals surface area contributed by atoms with E-state index in [0.29, 0.717) is 31.7 Å². The molecule has 134 valence electrons. The van der Waals surface area contributed by atoms with Crippen LogP contribution in [-0.2, 0) is 11.3 Å². The van der Waals surface area contributed by atoms with Gasteiger partial charge in [-0.3, -0.25) is 4.79 Å². The van der Waals surface area contributed by atoms with Crippen molar-refractivity contribution in [2.75, 3.05) is 24.5 Å². The van der Waals surface area contributed by atoms with Gasteiger partial charge >= 0.3 is 0 Å². The molecule has 0 aromatic carbocycles. The minimum atomic E-state index is -1.01. The molecule has 7 nitrogen and oxygen atoms in total. The van der Waals surface area contributed by atoms with E-state index < -0.39 is 5.60 Å². The second-order valence-corrected chi connectivity index (χ2v) is 6.41. The fourth-order valence-corrected chi connectivity index (χ4v) is 3.01. The molecule has 0 radical (unpaired) electrons. The van der Waals surface area contributed by atoms with Crippen LogP contribution in [0.1, 0.15) is 19.3 Å². The van der Waals surface area contributed by atoms with Gasteiger partial charge in [-0.05, 0) is 25.0 Å². The van der Waals surface area contributed by atoms with Crippen LogP contribution in [0.4, 0.5) is 10.2 Å². The molecule has 1 aliphatic heterocycles. The van der Waals surface area contributed by atoms with E-state index in [1.54, 1.807) is 24.8 Å². The van der Waals surface area contributed by atoms with Crippen molar-refractivity contribution < 1.29 is 14.3 Å². The van der Waals surface area contributed by atoms with Crippen molar-refractivity contribution >= 4 is 11.7 Å². The first-order valence-electron chi connectivity index (χ1n) is 8.35. The monoisotopic (exact) mass is 347 g/mol. The number of nitrogens with zero attached hydrogens (tertiary/aromatic N) is 4. The van der Waals surface area contributed by atoms with Gasteiger partial charge in [0.1, 0.15) is 11.6 Å². The van der Waals surface area contributed by atoms with Gasteiger partial charge in [-0.1, -0.05) is 0 Å². The molecule has 0 spiro atoms. The maximum Gasteiger partial charge on any atom is 0.221 e. The predicted octanol–water partition coefficient (Wildman–Crippen LogP) is 0.955. The fourth-order valence-electron chi connectivity index (χ4n) is 3.01. The Kier molecular flexibility index (Phi) is 5.28. The first-order valence-corrected chi connectivity index (χ1v) is 8.35. The molecule has 2 N–H and O–H groups in total. The summed E-state index contributed by atoms with van der Waals surface area (Å²) in [4.78, 5) is 21.9. The highest BCUT2D eigenvalue weighted by atomic mass is 19.1. The summed E-state index contributed by atoms with van der Waals surface area (Å²) >= 11 is 0. The van der Waals surface area contributed by atoms with Gasteiger partial charge in [-0.15, -0.1) is 0 Å². The fraction of sp³-hybridized carbons (Fsp3) is 0.471. The number of rotatable bonds is 6. The third kappa shape index (κ3) is 4.76. The number of amides is 1. The highest BCUT2D eigenvalue weighted by Crippen LogP contribution is 2.24. The van der Waals surface area contributed by atoms with Crippen LogP contribution in [0.25, 0.3) is 0 Å². The molecule has 2 aromatic heterocycles. The molecule has 1 fully saturated rings. The molecule has 0 bridgehead atoms. The second-order valence-electron chi connectivity index (χ2n) is 6.41. The number of hydrogen-bond donors (Lipinski definition) is 2. The third-order valence-electron chi connectivity index (χ3n) is 4.36. The van der Waals surface area contributed by atoms with Gasteiger partial charge in [-0.25, -0.2) is 14.4 Å². The van der Waals surface area contributed by atoms with Crippen molar-refractivity contribution in [2.45, 2.75) is 31.4 Å². The van der Waals surface area contributed by atoms with Gasteiger partial charge in [0.15, 0.2) is 0 Å². The van der Waals surface area contributed by atoms with Gasteiger partial charge in [0, 0.05) is 45.0 Å². The number of carbonyl (C=O) groups is 1. The summed E-state index contributed by atoms with van der Waals surface area (Å²) in [7, 11) is 0. The molecule has 1 atom stereocenters. The van der Waals surface area contributed by atoms with Gasteiger partial charge in [-0.2, -0.15) is 0 Å². The average Bonchev–Trinajstić information content (AvgIpc) is 3.12. The molecular formula is C17H22FN5O2. The average molecular weight is 347 g/mol. The highest BCUT2D eigenvalue weighted by Gasteiger charge is 2.34. The maximum atomic E-state index is 13.0. The van der Waals surface area contributed by atoms with Crippen LogP contribution in [0.3, 0.4) is 0 Å². The molecule has 8 heteroatoms. The van der Waals surface area contributed by atoms with Crippen LogP contribution in [0, 0.1) is 5.82 Å². The SMILES string of the molecule is O=C(CCn1ccnc1)NC[C@@]1(O)CCCN(c2ccc(F)cn2)C1. The Labute approximate surface area is 145 Å². The molecule has 0 aliphatic carbocycles. The minimum absolute atomic E-state index is 0.112. The maximum absolute atomic E-state index is 13.0. The zero-order chi connectivity index (χ0) is 17.7. The number of piperidine rings is 1. The van der Waals surface area contributed by atoms with Crippen molar-refractivity contribution in [3.63, 3.8) is 0 Å². The summed E-state index contributed by atoms with van der Waals surface area (Å²) in [5, 5.41) is 13.6. The number of aryl methyl sites for hydroxylation is 1. The van der Waals surface area contributed by atoms with Gasteiger partial charge in [0.2, 0.25) is 5.91 Å². The lowest BCUT2D eigenvalue weighted by Gasteiger charge is -2.39. The molecule has 1 amide bonds. The number of aliphatic hydroxyl groups is 1. The molecule has 0 saturated carbocycles.